The van der Waals surface area contributed by atoms with Crippen molar-refractivity contribution < 1.29 is 0 Å². The van der Waals surface area contributed by atoms with Crippen LogP contribution in [0.5, 0.6) is 0 Å². The van der Waals surface area contributed by atoms with E-state index in [2.05, 4.69) is 25.3 Å². The van der Waals surface area contributed by atoms with E-state index in [1.54, 1.807) is 12.8 Å². The third kappa shape index (κ3) is 3.87. The number of allylic oxidation sites excluding steroid dienone is 2. The zero-order chi connectivity index (χ0) is 15.4. The Labute approximate surface area is 138 Å². The largest absolute Gasteiger partial charge is 0.103 e. The first-order valence-electron chi connectivity index (χ1n) is 10.0. The molecule has 3 fully saturated rings. The lowest BCUT2D eigenvalue weighted by atomic mass is 9.72. The van der Waals surface area contributed by atoms with Crippen LogP contribution in [-0.2, 0) is 0 Å². The third-order valence-corrected chi connectivity index (χ3v) is 7.31. The normalized spacial score (nSPS) is 42.4. The molecule has 0 amide bonds. The van der Waals surface area contributed by atoms with Gasteiger partial charge in [-0.25, -0.2) is 0 Å². The zero-order valence-corrected chi connectivity index (χ0v) is 14.5. The maximum absolute atomic E-state index is 3.95. The Morgan fingerprint density at radius 2 is 0.955 bits per heavy atom. The molecule has 0 N–H and O–H groups in total. The lowest BCUT2D eigenvalue weighted by Gasteiger charge is -2.33. The molecule has 3 rings (SSSR count). The van der Waals surface area contributed by atoms with Crippen LogP contribution in [0, 0.1) is 35.5 Å². The Balaban J connectivity index is 1.47. The zero-order valence-electron chi connectivity index (χ0n) is 14.5. The Hall–Kier alpha value is -0.520. The average Bonchev–Trinajstić information content (AvgIpc) is 2.81. The van der Waals surface area contributed by atoms with Crippen molar-refractivity contribution in [3.63, 3.8) is 0 Å². The van der Waals surface area contributed by atoms with Gasteiger partial charge in [-0.3, -0.25) is 0 Å². The number of hydrogen-bond acceptors (Lipinski definition) is 0. The molecule has 3 aliphatic carbocycles. The fourth-order valence-electron chi connectivity index (χ4n) is 6.08. The average molecular weight is 301 g/mol. The molecule has 0 bridgehead atoms. The van der Waals surface area contributed by atoms with E-state index in [0.717, 1.165) is 35.5 Å². The van der Waals surface area contributed by atoms with Crippen LogP contribution in [0.25, 0.3) is 0 Å². The molecule has 0 aromatic rings. The van der Waals surface area contributed by atoms with Gasteiger partial charge in [0.05, 0.1) is 0 Å². The van der Waals surface area contributed by atoms with Gasteiger partial charge in [-0.05, 0) is 113 Å². The van der Waals surface area contributed by atoms with Gasteiger partial charge < -0.3 is 0 Å². The SMILES string of the molecule is C=CCC1CCC(C2CCC3CC(CC=C)CC3CC2)CC1. The van der Waals surface area contributed by atoms with Gasteiger partial charge in [-0.15, -0.1) is 13.2 Å². The van der Waals surface area contributed by atoms with Gasteiger partial charge in [0.1, 0.15) is 0 Å². The van der Waals surface area contributed by atoms with Gasteiger partial charge >= 0.3 is 0 Å². The van der Waals surface area contributed by atoms with Crippen molar-refractivity contribution in [2.75, 3.05) is 0 Å². The molecule has 0 spiro atoms. The lowest BCUT2D eigenvalue weighted by molar-refractivity contribution is 0.186. The van der Waals surface area contributed by atoms with E-state index in [0.29, 0.717) is 0 Å². The Bertz CT molecular complexity index is 344. The highest BCUT2D eigenvalue weighted by atomic mass is 14.4. The first-order chi connectivity index (χ1) is 10.8. The van der Waals surface area contributed by atoms with Crippen molar-refractivity contribution in [1.82, 2.24) is 0 Å². The van der Waals surface area contributed by atoms with E-state index in [1.165, 1.54) is 64.2 Å². The fraction of sp³-hybridized carbons (Fsp3) is 0.818. The van der Waals surface area contributed by atoms with E-state index >= 15 is 0 Å². The molecule has 0 heteroatoms. The van der Waals surface area contributed by atoms with E-state index in [4.69, 9.17) is 0 Å². The van der Waals surface area contributed by atoms with E-state index in [9.17, 15) is 0 Å². The molecule has 0 radical (unpaired) electrons. The molecule has 0 nitrogen and oxygen atoms in total. The first-order valence-corrected chi connectivity index (χ1v) is 10.0. The van der Waals surface area contributed by atoms with Crippen molar-refractivity contribution >= 4 is 0 Å². The summed E-state index contributed by atoms with van der Waals surface area (Å²) in [5.41, 5.74) is 0. The molecule has 3 aliphatic rings. The maximum atomic E-state index is 3.95. The molecule has 124 valence electrons. The fourth-order valence-corrected chi connectivity index (χ4v) is 6.08. The predicted molar refractivity (Wildman–Crippen MR) is 96.7 cm³/mol. The molecular weight excluding hydrogens is 264 g/mol. The highest BCUT2D eigenvalue weighted by Crippen LogP contribution is 2.49. The number of fused-ring (bicyclic) bond motifs is 1. The van der Waals surface area contributed by atoms with Crippen LogP contribution in [0.3, 0.4) is 0 Å². The summed E-state index contributed by atoms with van der Waals surface area (Å²) in [5.74, 6) is 6.17. The summed E-state index contributed by atoms with van der Waals surface area (Å²) >= 11 is 0. The molecule has 0 aromatic carbocycles. The highest BCUT2D eigenvalue weighted by Gasteiger charge is 2.37. The monoisotopic (exact) mass is 300 g/mol. The summed E-state index contributed by atoms with van der Waals surface area (Å²) in [6, 6.07) is 0. The molecule has 0 saturated heterocycles. The van der Waals surface area contributed by atoms with E-state index in [-0.39, 0.29) is 0 Å². The van der Waals surface area contributed by atoms with Crippen molar-refractivity contribution in [1.29, 1.82) is 0 Å². The van der Waals surface area contributed by atoms with Crippen LogP contribution < -0.4 is 0 Å². The van der Waals surface area contributed by atoms with Gasteiger partial charge in [-0.2, -0.15) is 0 Å². The minimum absolute atomic E-state index is 0.957. The second kappa shape index (κ2) is 7.84. The Morgan fingerprint density at radius 3 is 1.45 bits per heavy atom. The summed E-state index contributed by atoms with van der Waals surface area (Å²) in [6.45, 7) is 7.87. The van der Waals surface area contributed by atoms with Crippen LogP contribution in [0.1, 0.15) is 77.0 Å². The van der Waals surface area contributed by atoms with Crippen molar-refractivity contribution in [2.24, 2.45) is 35.5 Å². The molecule has 3 saturated carbocycles. The highest BCUT2D eigenvalue weighted by molar-refractivity contribution is 4.91. The van der Waals surface area contributed by atoms with Crippen LogP contribution in [0.15, 0.2) is 25.3 Å². The summed E-state index contributed by atoms with van der Waals surface area (Å²) in [5, 5.41) is 0. The smallest absolute Gasteiger partial charge is 0.0325 e. The quantitative estimate of drug-likeness (QED) is 0.491. The van der Waals surface area contributed by atoms with Gasteiger partial charge in [0, 0.05) is 0 Å². The lowest BCUT2D eigenvalue weighted by Crippen LogP contribution is -2.21. The standard InChI is InChI=1S/C22H36/c1-3-5-17-7-9-19(10-8-17)20-11-13-21-15-18(6-4-2)16-22(21)14-12-20/h3-4,17-22H,1-2,5-16H2. The number of rotatable bonds is 5. The summed E-state index contributed by atoms with van der Waals surface area (Å²) in [4.78, 5) is 0. The molecule has 22 heavy (non-hydrogen) atoms. The molecule has 0 aliphatic heterocycles. The van der Waals surface area contributed by atoms with Crippen molar-refractivity contribution in [3.8, 4) is 0 Å². The van der Waals surface area contributed by atoms with Gasteiger partial charge in [0.15, 0.2) is 0 Å². The maximum Gasteiger partial charge on any atom is -0.0325 e. The van der Waals surface area contributed by atoms with Crippen LogP contribution >= 0.6 is 0 Å². The van der Waals surface area contributed by atoms with Crippen molar-refractivity contribution in [3.05, 3.63) is 25.3 Å². The van der Waals surface area contributed by atoms with Crippen LogP contribution in [-0.4, -0.2) is 0 Å². The topological polar surface area (TPSA) is 0 Å². The number of hydrogen-bond donors (Lipinski definition) is 0. The molecular formula is C22H36. The van der Waals surface area contributed by atoms with E-state index < -0.39 is 0 Å². The minimum atomic E-state index is 0.957. The van der Waals surface area contributed by atoms with Crippen molar-refractivity contribution in [2.45, 2.75) is 77.0 Å². The summed E-state index contributed by atoms with van der Waals surface area (Å²) < 4.78 is 0. The molecule has 0 heterocycles. The summed E-state index contributed by atoms with van der Waals surface area (Å²) in [7, 11) is 0. The van der Waals surface area contributed by atoms with Gasteiger partial charge in [-0.1, -0.05) is 12.2 Å². The van der Waals surface area contributed by atoms with Crippen LogP contribution in [0.4, 0.5) is 0 Å². The first kappa shape index (κ1) is 16.3. The summed E-state index contributed by atoms with van der Waals surface area (Å²) in [6.07, 6.45) is 22.0. The Kier molecular flexibility index (Phi) is 5.83. The minimum Gasteiger partial charge on any atom is -0.103 e. The third-order valence-electron chi connectivity index (χ3n) is 7.31. The second-order valence-electron chi connectivity index (χ2n) is 8.60. The van der Waals surface area contributed by atoms with E-state index in [1.807, 2.05) is 0 Å². The second-order valence-corrected chi connectivity index (χ2v) is 8.60. The molecule has 0 aromatic heterocycles. The molecule has 2 atom stereocenters. The predicted octanol–water partition coefficient (Wildman–Crippen LogP) is 6.78. The molecule has 2 unspecified atom stereocenters. The van der Waals surface area contributed by atoms with Crippen LogP contribution in [0.2, 0.25) is 0 Å². The van der Waals surface area contributed by atoms with Gasteiger partial charge in [0.2, 0.25) is 0 Å². The Morgan fingerprint density at radius 1 is 0.545 bits per heavy atom. The van der Waals surface area contributed by atoms with Gasteiger partial charge in [0.25, 0.3) is 0 Å².